The smallest absolute Gasteiger partial charge is 0.185 e. The fourth-order valence-electron chi connectivity index (χ4n) is 2.78. The Labute approximate surface area is 175 Å². The molecule has 0 heterocycles. The summed E-state index contributed by atoms with van der Waals surface area (Å²) in [6.07, 6.45) is 3.30. The minimum absolute atomic E-state index is 0.103. The van der Waals surface area contributed by atoms with Gasteiger partial charge < -0.3 is 14.2 Å². The van der Waals surface area contributed by atoms with E-state index in [0.29, 0.717) is 34.4 Å². The van der Waals surface area contributed by atoms with Gasteiger partial charge in [0.25, 0.3) is 0 Å². The lowest BCUT2D eigenvalue weighted by Crippen LogP contribution is -2.00. The molecule has 3 aromatic carbocycles. The van der Waals surface area contributed by atoms with E-state index in [4.69, 9.17) is 25.8 Å². The first-order chi connectivity index (χ1) is 14.1. The summed E-state index contributed by atoms with van der Waals surface area (Å²) in [5, 5.41) is 0.548. The molecule has 148 valence electrons. The van der Waals surface area contributed by atoms with Gasteiger partial charge >= 0.3 is 0 Å². The number of halogens is 1. The zero-order chi connectivity index (χ0) is 20.6. The van der Waals surface area contributed by atoms with Gasteiger partial charge in [0.1, 0.15) is 23.9 Å². The highest BCUT2D eigenvalue weighted by Crippen LogP contribution is 2.27. The third-order valence-corrected chi connectivity index (χ3v) is 4.62. The van der Waals surface area contributed by atoms with Gasteiger partial charge in [-0.25, -0.2) is 0 Å². The Morgan fingerprint density at radius 2 is 1.76 bits per heavy atom. The topological polar surface area (TPSA) is 44.8 Å². The molecule has 5 heteroatoms. The van der Waals surface area contributed by atoms with Crippen molar-refractivity contribution in [3.63, 3.8) is 0 Å². The predicted molar refractivity (Wildman–Crippen MR) is 115 cm³/mol. The predicted octanol–water partition coefficient (Wildman–Crippen LogP) is 5.83. The number of allylic oxidation sites excluding steroid dienone is 1. The fourth-order valence-corrected chi connectivity index (χ4v) is 2.97. The summed E-state index contributed by atoms with van der Waals surface area (Å²) in [4.78, 5) is 12.4. The molecule has 3 rings (SSSR count). The maximum absolute atomic E-state index is 12.4. The zero-order valence-corrected chi connectivity index (χ0v) is 17.0. The second-order valence-corrected chi connectivity index (χ2v) is 6.63. The SMILES string of the molecule is COc1cccc(C(=O)/C=C/c2ccc(OC)c(COc3ccccc3Cl)c2)c1. The van der Waals surface area contributed by atoms with Crippen molar-refractivity contribution < 1.29 is 19.0 Å². The molecule has 0 N–H and O–H groups in total. The molecule has 3 aromatic rings. The molecule has 0 unspecified atom stereocenters. The Morgan fingerprint density at radius 3 is 2.52 bits per heavy atom. The number of para-hydroxylation sites is 1. The van der Waals surface area contributed by atoms with Crippen LogP contribution < -0.4 is 14.2 Å². The molecule has 0 fully saturated rings. The highest BCUT2D eigenvalue weighted by atomic mass is 35.5. The highest BCUT2D eigenvalue weighted by molar-refractivity contribution is 6.32. The monoisotopic (exact) mass is 408 g/mol. The van der Waals surface area contributed by atoms with Crippen LogP contribution in [0, 0.1) is 0 Å². The minimum atomic E-state index is -0.103. The van der Waals surface area contributed by atoms with E-state index < -0.39 is 0 Å². The van der Waals surface area contributed by atoms with Gasteiger partial charge in [-0.05, 0) is 48.0 Å². The standard InChI is InChI=1S/C24H21ClO4/c1-27-20-7-5-6-18(15-20)22(26)12-10-17-11-13-23(28-2)19(14-17)16-29-24-9-4-3-8-21(24)25/h3-15H,16H2,1-2H3/b12-10+. The summed E-state index contributed by atoms with van der Waals surface area (Å²) in [5.41, 5.74) is 2.28. The van der Waals surface area contributed by atoms with Crippen molar-refractivity contribution in [1.82, 2.24) is 0 Å². The Hall–Kier alpha value is -3.24. The van der Waals surface area contributed by atoms with Crippen LogP contribution in [0.15, 0.2) is 72.8 Å². The molecular weight excluding hydrogens is 388 g/mol. The lowest BCUT2D eigenvalue weighted by Gasteiger charge is -2.12. The van der Waals surface area contributed by atoms with E-state index in [1.807, 2.05) is 36.4 Å². The Morgan fingerprint density at radius 1 is 0.931 bits per heavy atom. The van der Waals surface area contributed by atoms with Gasteiger partial charge in [0.05, 0.1) is 19.2 Å². The van der Waals surface area contributed by atoms with E-state index in [9.17, 15) is 4.79 Å². The normalized spacial score (nSPS) is 10.7. The van der Waals surface area contributed by atoms with Crippen LogP contribution in [0.5, 0.6) is 17.2 Å². The average Bonchev–Trinajstić information content (AvgIpc) is 2.77. The van der Waals surface area contributed by atoms with Gasteiger partial charge in [-0.2, -0.15) is 0 Å². The van der Waals surface area contributed by atoms with Crippen molar-refractivity contribution in [1.29, 1.82) is 0 Å². The van der Waals surface area contributed by atoms with E-state index in [1.54, 1.807) is 50.6 Å². The van der Waals surface area contributed by atoms with Gasteiger partial charge in [-0.1, -0.05) is 48.0 Å². The van der Waals surface area contributed by atoms with E-state index in [1.165, 1.54) is 6.08 Å². The molecule has 0 aliphatic heterocycles. The number of hydrogen-bond donors (Lipinski definition) is 0. The fraction of sp³-hybridized carbons (Fsp3) is 0.125. The number of ether oxygens (including phenoxy) is 3. The number of benzene rings is 3. The van der Waals surface area contributed by atoms with E-state index >= 15 is 0 Å². The van der Waals surface area contributed by atoms with Crippen LogP contribution in [0.25, 0.3) is 6.08 Å². The number of ketones is 1. The van der Waals surface area contributed by atoms with Gasteiger partial charge in [0.15, 0.2) is 5.78 Å². The van der Waals surface area contributed by atoms with Crippen LogP contribution in [0.4, 0.5) is 0 Å². The molecule has 0 saturated carbocycles. The first-order valence-electron chi connectivity index (χ1n) is 9.01. The van der Waals surface area contributed by atoms with Gasteiger partial charge in [0.2, 0.25) is 0 Å². The van der Waals surface area contributed by atoms with E-state index in [0.717, 1.165) is 11.1 Å². The Balaban J connectivity index is 1.76. The van der Waals surface area contributed by atoms with Crippen LogP contribution in [0.3, 0.4) is 0 Å². The van der Waals surface area contributed by atoms with Crippen molar-refractivity contribution in [3.05, 3.63) is 94.5 Å². The first kappa shape index (κ1) is 20.5. The maximum atomic E-state index is 12.4. The van der Waals surface area contributed by atoms with Crippen LogP contribution in [0.2, 0.25) is 5.02 Å². The number of carbonyl (C=O) groups is 1. The number of methoxy groups -OCH3 is 2. The van der Waals surface area contributed by atoms with Crippen molar-refractivity contribution in [3.8, 4) is 17.2 Å². The van der Waals surface area contributed by atoms with Crippen molar-refractivity contribution in [2.75, 3.05) is 14.2 Å². The van der Waals surface area contributed by atoms with Gasteiger partial charge in [-0.15, -0.1) is 0 Å². The Kier molecular flexibility index (Phi) is 6.93. The summed E-state index contributed by atoms with van der Waals surface area (Å²) in [7, 11) is 3.18. The third-order valence-electron chi connectivity index (χ3n) is 4.31. The molecule has 0 aliphatic rings. The molecule has 0 radical (unpaired) electrons. The van der Waals surface area contributed by atoms with Crippen molar-refractivity contribution in [2.45, 2.75) is 6.61 Å². The number of rotatable bonds is 8. The zero-order valence-electron chi connectivity index (χ0n) is 16.2. The van der Waals surface area contributed by atoms with Crippen LogP contribution in [-0.2, 0) is 6.61 Å². The summed E-state index contributed by atoms with van der Waals surface area (Å²) in [5.74, 6) is 1.85. The van der Waals surface area contributed by atoms with Crippen molar-refractivity contribution in [2.24, 2.45) is 0 Å². The molecule has 0 atom stereocenters. The highest BCUT2D eigenvalue weighted by Gasteiger charge is 2.08. The molecule has 0 saturated heterocycles. The molecular formula is C24H21ClO4. The maximum Gasteiger partial charge on any atom is 0.185 e. The minimum Gasteiger partial charge on any atom is -0.497 e. The molecule has 0 aliphatic carbocycles. The summed E-state index contributed by atoms with van der Waals surface area (Å²) in [6.45, 7) is 0.290. The van der Waals surface area contributed by atoms with E-state index in [2.05, 4.69) is 0 Å². The van der Waals surface area contributed by atoms with Crippen LogP contribution in [-0.4, -0.2) is 20.0 Å². The number of carbonyl (C=O) groups excluding carboxylic acids is 1. The quantitative estimate of drug-likeness (QED) is 0.347. The van der Waals surface area contributed by atoms with Crippen LogP contribution in [0.1, 0.15) is 21.5 Å². The second kappa shape index (κ2) is 9.80. The Bertz CT molecular complexity index is 1030. The summed E-state index contributed by atoms with van der Waals surface area (Å²) < 4.78 is 16.4. The van der Waals surface area contributed by atoms with Crippen LogP contribution >= 0.6 is 11.6 Å². The summed E-state index contributed by atoms with van der Waals surface area (Å²) in [6, 6.07) is 20.0. The molecule has 0 bridgehead atoms. The molecule has 0 spiro atoms. The molecule has 0 amide bonds. The number of hydrogen-bond acceptors (Lipinski definition) is 4. The second-order valence-electron chi connectivity index (χ2n) is 6.22. The lowest BCUT2D eigenvalue weighted by molar-refractivity contribution is 0.104. The average molecular weight is 409 g/mol. The summed E-state index contributed by atoms with van der Waals surface area (Å²) >= 11 is 6.15. The first-order valence-corrected chi connectivity index (χ1v) is 9.39. The largest absolute Gasteiger partial charge is 0.497 e. The lowest BCUT2D eigenvalue weighted by atomic mass is 10.1. The molecule has 0 aromatic heterocycles. The van der Waals surface area contributed by atoms with Gasteiger partial charge in [-0.3, -0.25) is 4.79 Å². The van der Waals surface area contributed by atoms with Gasteiger partial charge in [0, 0.05) is 11.1 Å². The molecule has 4 nitrogen and oxygen atoms in total. The molecule has 29 heavy (non-hydrogen) atoms. The van der Waals surface area contributed by atoms with E-state index in [-0.39, 0.29) is 5.78 Å². The third kappa shape index (κ3) is 5.39. The van der Waals surface area contributed by atoms with Crippen molar-refractivity contribution >= 4 is 23.5 Å².